The lowest BCUT2D eigenvalue weighted by Gasteiger charge is -2.18. The van der Waals surface area contributed by atoms with Gasteiger partial charge in [-0.3, -0.25) is 14.4 Å². The average Bonchev–Trinajstić information content (AvgIpc) is 3.00. The van der Waals surface area contributed by atoms with Gasteiger partial charge in [0.2, 0.25) is 5.82 Å². The second-order valence-electron chi connectivity index (χ2n) is 5.71. The molecular weight excluding hydrogens is 358 g/mol. The van der Waals surface area contributed by atoms with Crippen molar-refractivity contribution in [1.82, 2.24) is 19.7 Å². The summed E-state index contributed by atoms with van der Waals surface area (Å²) in [5, 5.41) is 5.80. The summed E-state index contributed by atoms with van der Waals surface area (Å²) >= 11 is 1.07. The number of hydrogen-bond donors (Lipinski definition) is 3. The zero-order valence-corrected chi connectivity index (χ0v) is 14.4. The van der Waals surface area contributed by atoms with Crippen molar-refractivity contribution in [1.29, 1.82) is 0 Å². The maximum atomic E-state index is 12.3. The van der Waals surface area contributed by atoms with E-state index in [2.05, 4.69) is 25.0 Å². The van der Waals surface area contributed by atoms with Crippen LogP contribution in [0.4, 0.5) is 5.69 Å². The fourth-order valence-corrected chi connectivity index (χ4v) is 3.39. The SMILES string of the molecule is Cc1nsc2nc(C(=O)NCc3ccc4c(c3)NC(=O)CO4)[nH]c(=O)c12. The third kappa shape index (κ3) is 2.90. The Kier molecular flexibility index (Phi) is 3.88. The largest absolute Gasteiger partial charge is 0.482 e. The number of aromatic nitrogens is 3. The molecule has 0 spiro atoms. The molecule has 1 aliphatic rings. The molecular formula is C16H13N5O4S. The van der Waals surface area contributed by atoms with E-state index in [1.165, 1.54) is 0 Å². The van der Waals surface area contributed by atoms with Crippen molar-refractivity contribution < 1.29 is 14.3 Å². The Bertz CT molecular complexity index is 1100. The van der Waals surface area contributed by atoms with Gasteiger partial charge in [0.25, 0.3) is 17.4 Å². The molecule has 132 valence electrons. The third-order valence-electron chi connectivity index (χ3n) is 3.86. The molecule has 0 aliphatic carbocycles. The molecule has 3 aromatic rings. The van der Waals surface area contributed by atoms with Crippen LogP contribution < -0.4 is 20.9 Å². The predicted octanol–water partition coefficient (Wildman–Crippen LogP) is 0.949. The molecule has 2 amide bonds. The molecule has 0 atom stereocenters. The lowest BCUT2D eigenvalue weighted by molar-refractivity contribution is -0.118. The molecule has 3 heterocycles. The molecule has 3 N–H and O–H groups in total. The topological polar surface area (TPSA) is 126 Å². The number of H-pyrrole nitrogens is 1. The number of fused-ring (bicyclic) bond motifs is 2. The number of nitrogens with zero attached hydrogens (tertiary/aromatic N) is 2. The number of aryl methyl sites for hydroxylation is 1. The van der Waals surface area contributed by atoms with Gasteiger partial charge in [0, 0.05) is 6.54 Å². The van der Waals surface area contributed by atoms with Crippen LogP contribution in [0, 0.1) is 6.92 Å². The van der Waals surface area contributed by atoms with Crippen LogP contribution in [0.15, 0.2) is 23.0 Å². The van der Waals surface area contributed by atoms with Gasteiger partial charge < -0.3 is 20.4 Å². The van der Waals surface area contributed by atoms with Crippen LogP contribution in [0.1, 0.15) is 21.9 Å². The van der Waals surface area contributed by atoms with Crippen molar-refractivity contribution in [2.75, 3.05) is 11.9 Å². The van der Waals surface area contributed by atoms with Crippen molar-refractivity contribution in [3.8, 4) is 5.75 Å². The van der Waals surface area contributed by atoms with Crippen LogP contribution in [0.5, 0.6) is 5.75 Å². The van der Waals surface area contributed by atoms with Crippen LogP contribution in [-0.4, -0.2) is 32.8 Å². The molecule has 2 aromatic heterocycles. The minimum Gasteiger partial charge on any atom is -0.482 e. The van der Waals surface area contributed by atoms with E-state index in [1.807, 2.05) is 0 Å². The van der Waals surface area contributed by atoms with E-state index < -0.39 is 5.91 Å². The Morgan fingerprint density at radius 2 is 2.23 bits per heavy atom. The van der Waals surface area contributed by atoms with Crippen LogP contribution in [0.3, 0.4) is 0 Å². The number of nitrogens with one attached hydrogen (secondary N) is 3. The number of rotatable bonds is 3. The number of benzene rings is 1. The maximum absolute atomic E-state index is 12.3. The third-order valence-corrected chi connectivity index (χ3v) is 4.70. The molecule has 0 unspecified atom stereocenters. The fraction of sp³-hybridized carbons (Fsp3) is 0.188. The molecule has 26 heavy (non-hydrogen) atoms. The van der Waals surface area contributed by atoms with E-state index in [-0.39, 0.29) is 30.4 Å². The minimum atomic E-state index is -0.506. The van der Waals surface area contributed by atoms with Gasteiger partial charge in [0.05, 0.1) is 16.8 Å². The number of carbonyl (C=O) groups is 2. The summed E-state index contributed by atoms with van der Waals surface area (Å²) in [7, 11) is 0. The summed E-state index contributed by atoms with van der Waals surface area (Å²) < 4.78 is 9.37. The van der Waals surface area contributed by atoms with Gasteiger partial charge in [-0.05, 0) is 36.2 Å². The van der Waals surface area contributed by atoms with Gasteiger partial charge in [-0.2, -0.15) is 4.37 Å². The second-order valence-corrected chi connectivity index (χ2v) is 6.46. The average molecular weight is 371 g/mol. The summed E-state index contributed by atoms with van der Waals surface area (Å²) in [4.78, 5) is 42.8. The Morgan fingerprint density at radius 1 is 1.38 bits per heavy atom. The molecule has 10 heteroatoms. The normalized spacial score (nSPS) is 13.0. The summed E-state index contributed by atoms with van der Waals surface area (Å²) in [6.45, 7) is 1.90. The summed E-state index contributed by atoms with van der Waals surface area (Å²) in [5.74, 6) is -0.223. The van der Waals surface area contributed by atoms with E-state index in [9.17, 15) is 14.4 Å². The number of amides is 2. The molecule has 9 nitrogen and oxygen atoms in total. The van der Waals surface area contributed by atoms with Crippen molar-refractivity contribution in [2.24, 2.45) is 0 Å². The Labute approximate surface area is 150 Å². The summed E-state index contributed by atoms with van der Waals surface area (Å²) in [6.07, 6.45) is 0. The second kappa shape index (κ2) is 6.23. The highest BCUT2D eigenvalue weighted by Gasteiger charge is 2.17. The van der Waals surface area contributed by atoms with Gasteiger partial charge in [-0.25, -0.2) is 4.98 Å². The van der Waals surface area contributed by atoms with Crippen LogP contribution in [0.2, 0.25) is 0 Å². The van der Waals surface area contributed by atoms with Crippen LogP contribution in [-0.2, 0) is 11.3 Å². The number of anilines is 1. The molecule has 4 rings (SSSR count). The van der Waals surface area contributed by atoms with Gasteiger partial charge in [-0.15, -0.1) is 0 Å². The van der Waals surface area contributed by atoms with Crippen molar-refractivity contribution in [2.45, 2.75) is 13.5 Å². The van der Waals surface area contributed by atoms with Gasteiger partial charge in [-0.1, -0.05) is 6.07 Å². The molecule has 1 aliphatic heterocycles. The van der Waals surface area contributed by atoms with Gasteiger partial charge >= 0.3 is 0 Å². The first-order valence-corrected chi connectivity index (χ1v) is 8.48. The van der Waals surface area contributed by atoms with Crippen LogP contribution in [0.25, 0.3) is 10.2 Å². The lowest BCUT2D eigenvalue weighted by atomic mass is 10.1. The van der Waals surface area contributed by atoms with Gasteiger partial charge in [0.15, 0.2) is 11.4 Å². The standard InChI is InChI=1S/C16H13N5O4S/c1-7-12-14(23)19-13(20-16(12)26-21-7)15(24)17-5-8-2-3-10-9(4-8)18-11(22)6-25-10/h2-4H,5-6H2,1H3,(H,17,24)(H,18,22)(H,19,20,23). The lowest BCUT2D eigenvalue weighted by Crippen LogP contribution is -2.28. The van der Waals surface area contributed by atoms with Gasteiger partial charge in [0.1, 0.15) is 5.75 Å². The van der Waals surface area contributed by atoms with E-state index in [0.29, 0.717) is 27.3 Å². The van der Waals surface area contributed by atoms with E-state index >= 15 is 0 Å². The molecule has 0 saturated heterocycles. The van der Waals surface area contributed by atoms with Crippen molar-refractivity contribution in [3.05, 3.63) is 45.6 Å². The first-order chi connectivity index (χ1) is 12.5. The fourth-order valence-electron chi connectivity index (χ4n) is 2.61. The van der Waals surface area contributed by atoms with E-state index in [1.54, 1.807) is 25.1 Å². The molecule has 0 fully saturated rings. The molecule has 0 saturated carbocycles. The number of hydrogen-bond acceptors (Lipinski definition) is 7. The minimum absolute atomic E-state index is 0.0123. The molecule has 0 bridgehead atoms. The van der Waals surface area contributed by atoms with Crippen LogP contribution >= 0.6 is 11.5 Å². The first kappa shape index (κ1) is 16.2. The number of aromatic amines is 1. The Hall–Kier alpha value is -3.27. The maximum Gasteiger partial charge on any atom is 0.287 e. The van der Waals surface area contributed by atoms with Crippen molar-refractivity contribution in [3.63, 3.8) is 0 Å². The Balaban J connectivity index is 1.51. The quantitative estimate of drug-likeness (QED) is 0.629. The van der Waals surface area contributed by atoms with E-state index in [0.717, 1.165) is 17.1 Å². The number of ether oxygens (including phenoxy) is 1. The number of carbonyl (C=O) groups excluding carboxylic acids is 2. The first-order valence-electron chi connectivity index (χ1n) is 7.71. The smallest absolute Gasteiger partial charge is 0.287 e. The highest BCUT2D eigenvalue weighted by atomic mass is 32.1. The monoisotopic (exact) mass is 371 g/mol. The van der Waals surface area contributed by atoms with Crippen molar-refractivity contribution >= 4 is 39.3 Å². The highest BCUT2D eigenvalue weighted by Crippen LogP contribution is 2.28. The zero-order valence-electron chi connectivity index (χ0n) is 13.6. The molecule has 0 radical (unpaired) electrons. The molecule has 1 aromatic carbocycles. The van der Waals surface area contributed by atoms with E-state index in [4.69, 9.17) is 4.74 Å². The Morgan fingerprint density at radius 3 is 3.08 bits per heavy atom. The summed E-state index contributed by atoms with van der Waals surface area (Å²) in [6, 6.07) is 5.23. The summed E-state index contributed by atoms with van der Waals surface area (Å²) in [5.41, 5.74) is 1.52. The predicted molar refractivity (Wildman–Crippen MR) is 94.5 cm³/mol. The highest BCUT2D eigenvalue weighted by molar-refractivity contribution is 7.12. The zero-order chi connectivity index (χ0) is 18.3.